The fraction of sp³-hybridized carbons (Fsp3) is 0.667. The van der Waals surface area contributed by atoms with Crippen LogP contribution < -0.4 is 5.32 Å². The molecule has 2 fully saturated rings. The summed E-state index contributed by atoms with van der Waals surface area (Å²) in [6, 6.07) is 8.23. The van der Waals surface area contributed by atoms with Gasteiger partial charge < -0.3 is 20.2 Å². The molecule has 0 unspecified atom stereocenters. The van der Waals surface area contributed by atoms with Crippen LogP contribution in [0.25, 0.3) is 0 Å². The molecule has 2 N–H and O–H groups in total. The second-order valence-corrected chi connectivity index (χ2v) is 7.86. The van der Waals surface area contributed by atoms with E-state index in [1.54, 1.807) is 0 Å². The van der Waals surface area contributed by atoms with Crippen molar-refractivity contribution in [3.63, 3.8) is 0 Å². The summed E-state index contributed by atoms with van der Waals surface area (Å²) >= 11 is 0. The first kappa shape index (κ1) is 19.3. The Morgan fingerprint density at radius 1 is 1.31 bits per heavy atom. The van der Waals surface area contributed by atoms with E-state index in [9.17, 15) is 4.79 Å². The molecule has 1 atom stereocenters. The van der Waals surface area contributed by atoms with Crippen LogP contribution in [0.5, 0.6) is 0 Å². The number of likely N-dealkylation sites (tertiary alicyclic amines) is 1. The van der Waals surface area contributed by atoms with E-state index in [0.717, 1.165) is 57.7 Å². The number of carbonyl (C=O) groups is 1. The number of rotatable bonds is 6. The molecular formula is C21H33N3O2. The van der Waals surface area contributed by atoms with Gasteiger partial charge in [0.25, 0.3) is 5.91 Å². The molecule has 2 saturated heterocycles. The van der Waals surface area contributed by atoms with Gasteiger partial charge in [0.2, 0.25) is 0 Å². The fourth-order valence-corrected chi connectivity index (χ4v) is 4.29. The van der Waals surface area contributed by atoms with Crippen molar-refractivity contribution < 1.29 is 9.90 Å². The number of β-amino-alcohol motifs (C(OH)–C–C–N with tert-alkyl or cyclic N) is 1. The first-order chi connectivity index (χ1) is 12.7. The molecular weight excluding hydrogens is 326 g/mol. The van der Waals surface area contributed by atoms with Gasteiger partial charge in [-0.3, -0.25) is 4.79 Å². The molecule has 0 aliphatic carbocycles. The van der Waals surface area contributed by atoms with Gasteiger partial charge >= 0.3 is 0 Å². The van der Waals surface area contributed by atoms with E-state index in [4.69, 9.17) is 5.11 Å². The lowest BCUT2D eigenvalue weighted by molar-refractivity contribution is 0.0733. The zero-order valence-electron chi connectivity index (χ0n) is 16.0. The number of benzene rings is 1. The van der Waals surface area contributed by atoms with Gasteiger partial charge in [0.05, 0.1) is 6.61 Å². The number of hydrogen-bond acceptors (Lipinski definition) is 4. The Hall–Kier alpha value is -1.43. The van der Waals surface area contributed by atoms with E-state index < -0.39 is 0 Å². The molecule has 1 amide bonds. The zero-order chi connectivity index (χ0) is 18.4. The summed E-state index contributed by atoms with van der Waals surface area (Å²) in [5, 5.41) is 12.5. The predicted molar refractivity (Wildman–Crippen MR) is 104 cm³/mol. The molecule has 144 valence electrons. The van der Waals surface area contributed by atoms with Crippen molar-refractivity contribution in [2.24, 2.45) is 5.92 Å². The Kier molecular flexibility index (Phi) is 7.06. The van der Waals surface area contributed by atoms with E-state index in [2.05, 4.69) is 22.3 Å². The molecule has 0 radical (unpaired) electrons. The van der Waals surface area contributed by atoms with Crippen LogP contribution in [0.1, 0.15) is 47.5 Å². The van der Waals surface area contributed by atoms with Crippen molar-refractivity contribution in [1.29, 1.82) is 0 Å². The van der Waals surface area contributed by atoms with Crippen LogP contribution in [0.2, 0.25) is 0 Å². The number of amides is 1. The molecule has 5 heteroatoms. The van der Waals surface area contributed by atoms with Gasteiger partial charge in [0, 0.05) is 32.2 Å². The Morgan fingerprint density at radius 2 is 2.12 bits per heavy atom. The molecule has 0 bridgehead atoms. The lowest BCUT2D eigenvalue weighted by atomic mass is 9.90. The zero-order valence-corrected chi connectivity index (χ0v) is 16.0. The molecule has 5 nitrogen and oxygen atoms in total. The lowest BCUT2D eigenvalue weighted by Gasteiger charge is -2.33. The number of hydrogen-bond donors (Lipinski definition) is 2. The van der Waals surface area contributed by atoms with Crippen molar-refractivity contribution in [3.8, 4) is 0 Å². The first-order valence-corrected chi connectivity index (χ1v) is 10.1. The topological polar surface area (TPSA) is 55.8 Å². The van der Waals surface area contributed by atoms with E-state index in [1.807, 2.05) is 24.1 Å². The summed E-state index contributed by atoms with van der Waals surface area (Å²) < 4.78 is 0. The Balaban J connectivity index is 1.55. The quantitative estimate of drug-likeness (QED) is 0.815. The number of nitrogens with one attached hydrogen (secondary N) is 1. The van der Waals surface area contributed by atoms with Crippen LogP contribution in [0.4, 0.5) is 0 Å². The van der Waals surface area contributed by atoms with E-state index in [0.29, 0.717) is 11.8 Å². The van der Waals surface area contributed by atoms with Crippen LogP contribution in [-0.4, -0.2) is 73.7 Å². The van der Waals surface area contributed by atoms with Gasteiger partial charge in [-0.15, -0.1) is 0 Å². The minimum atomic E-state index is 0.133. The summed E-state index contributed by atoms with van der Waals surface area (Å²) in [5.41, 5.74) is 2.10. The number of aliphatic hydroxyl groups excluding tert-OH is 1. The molecule has 1 aromatic carbocycles. The highest BCUT2D eigenvalue weighted by Crippen LogP contribution is 2.24. The molecule has 2 heterocycles. The average Bonchev–Trinajstić information content (AvgIpc) is 2.70. The standard InChI is InChI=1S/C21H33N3O2/c1-23(16-17-7-10-24(11-8-17)12-13-25)21(26)19-5-2-4-18(14-19)20-6-3-9-22-15-20/h2,4-5,14,17,20,22,25H,3,6-13,15-16H2,1H3/t20-/m1/s1. The molecule has 0 spiro atoms. The number of piperidine rings is 2. The van der Waals surface area contributed by atoms with Crippen molar-refractivity contribution in [2.75, 3.05) is 52.9 Å². The van der Waals surface area contributed by atoms with Gasteiger partial charge in [-0.1, -0.05) is 12.1 Å². The average molecular weight is 360 g/mol. The van der Waals surface area contributed by atoms with Gasteiger partial charge in [-0.25, -0.2) is 0 Å². The SMILES string of the molecule is CN(CC1CCN(CCO)CC1)C(=O)c1cccc([C@@H]2CCCNC2)c1. The second-order valence-electron chi connectivity index (χ2n) is 7.86. The van der Waals surface area contributed by atoms with Crippen LogP contribution in [-0.2, 0) is 0 Å². The van der Waals surface area contributed by atoms with Gasteiger partial charge in [0.1, 0.15) is 0 Å². The summed E-state index contributed by atoms with van der Waals surface area (Å²) in [6.07, 6.45) is 4.61. The predicted octanol–water partition coefficient (Wildman–Crippen LogP) is 1.93. The lowest BCUT2D eigenvalue weighted by Crippen LogP contribution is -2.40. The first-order valence-electron chi connectivity index (χ1n) is 10.1. The Labute approximate surface area is 157 Å². The maximum absolute atomic E-state index is 12.9. The highest BCUT2D eigenvalue weighted by molar-refractivity contribution is 5.94. The molecule has 3 rings (SSSR count). The fourth-order valence-electron chi connectivity index (χ4n) is 4.29. The third-order valence-corrected chi connectivity index (χ3v) is 5.90. The highest BCUT2D eigenvalue weighted by Gasteiger charge is 2.23. The minimum Gasteiger partial charge on any atom is -0.395 e. The smallest absolute Gasteiger partial charge is 0.253 e. The van der Waals surface area contributed by atoms with Crippen LogP contribution in [0, 0.1) is 5.92 Å². The third-order valence-electron chi connectivity index (χ3n) is 5.90. The summed E-state index contributed by atoms with van der Waals surface area (Å²) in [6.45, 7) is 5.99. The van der Waals surface area contributed by atoms with Crippen LogP contribution in [0.15, 0.2) is 24.3 Å². The normalized spacial score (nSPS) is 22.3. The molecule has 0 saturated carbocycles. The molecule has 26 heavy (non-hydrogen) atoms. The number of nitrogens with zero attached hydrogens (tertiary/aromatic N) is 2. The molecule has 2 aliphatic heterocycles. The van der Waals surface area contributed by atoms with Crippen molar-refractivity contribution in [3.05, 3.63) is 35.4 Å². The van der Waals surface area contributed by atoms with E-state index >= 15 is 0 Å². The van der Waals surface area contributed by atoms with Crippen molar-refractivity contribution in [2.45, 2.75) is 31.6 Å². The summed E-state index contributed by atoms with van der Waals surface area (Å²) in [4.78, 5) is 17.1. The number of aliphatic hydroxyl groups is 1. The Bertz CT molecular complexity index is 578. The van der Waals surface area contributed by atoms with Gasteiger partial charge in [-0.05, 0) is 74.8 Å². The third kappa shape index (κ3) is 5.06. The van der Waals surface area contributed by atoms with Gasteiger partial charge in [-0.2, -0.15) is 0 Å². The van der Waals surface area contributed by atoms with E-state index in [-0.39, 0.29) is 12.5 Å². The second kappa shape index (κ2) is 9.49. The van der Waals surface area contributed by atoms with Gasteiger partial charge in [0.15, 0.2) is 0 Å². The summed E-state index contributed by atoms with van der Waals surface area (Å²) in [7, 11) is 1.93. The maximum Gasteiger partial charge on any atom is 0.253 e. The molecule has 2 aliphatic rings. The Morgan fingerprint density at radius 3 is 2.81 bits per heavy atom. The maximum atomic E-state index is 12.9. The molecule has 1 aromatic rings. The van der Waals surface area contributed by atoms with Crippen molar-refractivity contribution >= 4 is 5.91 Å². The van der Waals surface area contributed by atoms with E-state index in [1.165, 1.54) is 18.4 Å². The summed E-state index contributed by atoms with van der Waals surface area (Å²) in [5.74, 6) is 1.22. The minimum absolute atomic E-state index is 0.133. The largest absolute Gasteiger partial charge is 0.395 e. The molecule has 0 aromatic heterocycles. The van der Waals surface area contributed by atoms with Crippen LogP contribution in [0.3, 0.4) is 0 Å². The highest BCUT2D eigenvalue weighted by atomic mass is 16.3. The monoisotopic (exact) mass is 359 g/mol. The van der Waals surface area contributed by atoms with Crippen molar-refractivity contribution in [1.82, 2.24) is 15.1 Å². The van der Waals surface area contributed by atoms with Crippen LogP contribution >= 0.6 is 0 Å². The number of carbonyl (C=O) groups excluding carboxylic acids is 1.